The molecule has 0 atom stereocenters. The fraction of sp³-hybridized carbons (Fsp3) is 0.308. The van der Waals surface area contributed by atoms with Crippen LogP contribution in [0.15, 0.2) is 66.0 Å². The molecule has 0 fully saturated rings. The molecule has 0 amide bonds. The zero-order chi connectivity index (χ0) is 24.9. The molecule has 4 heterocycles. The van der Waals surface area contributed by atoms with Crippen molar-refractivity contribution in [3.63, 3.8) is 0 Å². The van der Waals surface area contributed by atoms with Crippen LogP contribution in [-0.2, 0) is 19.5 Å². The Morgan fingerprint density at radius 1 is 1.00 bits per heavy atom. The Bertz CT molecular complexity index is 1480. The highest BCUT2D eigenvalue weighted by Gasteiger charge is 2.17. The predicted octanol–water partition coefficient (Wildman–Crippen LogP) is 3.88. The number of nitrogens with zero attached hydrogens (tertiary/aromatic N) is 8. The van der Waals surface area contributed by atoms with Crippen LogP contribution in [0.5, 0.6) is 0 Å². The number of pyridine rings is 1. The van der Waals surface area contributed by atoms with Crippen molar-refractivity contribution in [3.05, 3.63) is 83.1 Å². The van der Waals surface area contributed by atoms with E-state index >= 15 is 0 Å². The summed E-state index contributed by atoms with van der Waals surface area (Å²) in [4.78, 5) is 22.7. The SMILES string of the molecule is CCCCc1cn(-c2nccn2CCC)c(=O)n1Cc1ccc(-c2ccccc2-c2nn[nH]n2)cn1. The van der Waals surface area contributed by atoms with E-state index in [0.717, 1.165) is 60.3 Å². The lowest BCUT2D eigenvalue weighted by atomic mass is 10.0. The Hall–Kier alpha value is -4.34. The van der Waals surface area contributed by atoms with E-state index in [1.807, 2.05) is 64.1 Å². The molecule has 0 aliphatic carbocycles. The first-order chi connectivity index (χ1) is 17.7. The van der Waals surface area contributed by atoms with E-state index in [9.17, 15) is 4.79 Å². The highest BCUT2D eigenvalue weighted by atomic mass is 16.1. The summed E-state index contributed by atoms with van der Waals surface area (Å²) in [6.07, 6.45) is 11.3. The minimum Gasteiger partial charge on any atom is -0.317 e. The number of hydrogen-bond acceptors (Lipinski definition) is 6. The first-order valence-corrected chi connectivity index (χ1v) is 12.3. The van der Waals surface area contributed by atoms with Gasteiger partial charge in [-0.25, -0.2) is 14.3 Å². The number of imidazole rings is 2. The Morgan fingerprint density at radius 3 is 2.58 bits per heavy atom. The number of aromatic nitrogens is 9. The highest BCUT2D eigenvalue weighted by molar-refractivity contribution is 5.79. The van der Waals surface area contributed by atoms with Gasteiger partial charge in [0.15, 0.2) is 0 Å². The molecular weight excluding hydrogens is 454 g/mol. The van der Waals surface area contributed by atoms with Gasteiger partial charge >= 0.3 is 5.69 Å². The van der Waals surface area contributed by atoms with E-state index in [-0.39, 0.29) is 5.69 Å². The van der Waals surface area contributed by atoms with E-state index in [4.69, 9.17) is 4.98 Å². The average molecular weight is 484 g/mol. The van der Waals surface area contributed by atoms with Gasteiger partial charge in [-0.15, -0.1) is 10.2 Å². The van der Waals surface area contributed by atoms with Gasteiger partial charge in [-0.05, 0) is 36.1 Å². The standard InChI is InChI=1S/C26H29N9O/c1-3-5-8-21-18-35(25-27-13-15-33(25)14-4-2)26(36)34(21)17-20-12-11-19(16-28-20)22-9-6-7-10-23(22)24-29-31-32-30-24/h6-7,9-13,15-16,18H,3-5,8,14,17H2,1-2H3,(H,29,30,31,32). The van der Waals surface area contributed by atoms with Crippen LogP contribution in [0.4, 0.5) is 0 Å². The van der Waals surface area contributed by atoms with Crippen LogP contribution in [0.2, 0.25) is 0 Å². The largest absolute Gasteiger partial charge is 0.335 e. The normalized spacial score (nSPS) is 11.3. The van der Waals surface area contributed by atoms with Crippen LogP contribution < -0.4 is 5.69 Å². The molecule has 0 aliphatic heterocycles. The second kappa shape index (κ2) is 10.5. The number of benzene rings is 1. The molecule has 1 aromatic carbocycles. The summed E-state index contributed by atoms with van der Waals surface area (Å²) in [5.41, 5.74) is 4.48. The van der Waals surface area contributed by atoms with Gasteiger partial charge in [0.1, 0.15) is 0 Å². The van der Waals surface area contributed by atoms with E-state index in [2.05, 4.69) is 39.5 Å². The van der Waals surface area contributed by atoms with Gasteiger partial charge in [0.25, 0.3) is 0 Å². The van der Waals surface area contributed by atoms with Crippen molar-refractivity contribution in [2.75, 3.05) is 0 Å². The lowest BCUT2D eigenvalue weighted by Crippen LogP contribution is -2.26. The first kappa shape index (κ1) is 23.4. The van der Waals surface area contributed by atoms with E-state index in [1.165, 1.54) is 0 Å². The number of nitrogens with one attached hydrogen (secondary N) is 1. The molecule has 184 valence electrons. The molecule has 10 nitrogen and oxygen atoms in total. The maximum atomic E-state index is 13.5. The molecule has 5 rings (SSSR count). The monoisotopic (exact) mass is 483 g/mol. The fourth-order valence-corrected chi connectivity index (χ4v) is 4.38. The van der Waals surface area contributed by atoms with Gasteiger partial charge in [0.2, 0.25) is 11.8 Å². The first-order valence-electron chi connectivity index (χ1n) is 12.3. The van der Waals surface area contributed by atoms with Gasteiger partial charge < -0.3 is 4.57 Å². The number of tetrazole rings is 1. The van der Waals surface area contributed by atoms with Crippen LogP contribution in [-0.4, -0.2) is 44.3 Å². The van der Waals surface area contributed by atoms with Crippen LogP contribution in [0.3, 0.4) is 0 Å². The Labute approximate surface area is 208 Å². The molecule has 0 radical (unpaired) electrons. The van der Waals surface area contributed by atoms with Crippen molar-refractivity contribution in [1.82, 2.24) is 44.3 Å². The van der Waals surface area contributed by atoms with Crippen LogP contribution >= 0.6 is 0 Å². The predicted molar refractivity (Wildman–Crippen MR) is 137 cm³/mol. The lowest BCUT2D eigenvalue weighted by Gasteiger charge is -2.09. The van der Waals surface area contributed by atoms with Crippen LogP contribution in [0.1, 0.15) is 44.5 Å². The molecule has 0 saturated heterocycles. The van der Waals surface area contributed by atoms with Gasteiger partial charge in [-0.3, -0.25) is 9.55 Å². The molecule has 0 aliphatic rings. The van der Waals surface area contributed by atoms with Crippen LogP contribution in [0.25, 0.3) is 28.5 Å². The van der Waals surface area contributed by atoms with Crippen molar-refractivity contribution in [2.45, 2.75) is 52.6 Å². The topological polar surface area (TPSA) is 112 Å². The molecular formula is C26H29N9O. The van der Waals surface area contributed by atoms with E-state index in [0.29, 0.717) is 18.3 Å². The zero-order valence-corrected chi connectivity index (χ0v) is 20.5. The minimum atomic E-state index is -0.0991. The quantitative estimate of drug-likeness (QED) is 0.323. The summed E-state index contributed by atoms with van der Waals surface area (Å²) in [5.74, 6) is 1.18. The third kappa shape index (κ3) is 4.61. The second-order valence-electron chi connectivity index (χ2n) is 8.70. The third-order valence-electron chi connectivity index (χ3n) is 6.19. The molecule has 5 aromatic rings. The summed E-state index contributed by atoms with van der Waals surface area (Å²) in [6.45, 7) is 5.47. The van der Waals surface area contributed by atoms with Crippen molar-refractivity contribution in [3.8, 4) is 28.5 Å². The maximum Gasteiger partial charge on any atom is 0.335 e. The minimum absolute atomic E-state index is 0.0991. The third-order valence-corrected chi connectivity index (χ3v) is 6.19. The van der Waals surface area contributed by atoms with Crippen LogP contribution in [0, 0.1) is 0 Å². The maximum absolute atomic E-state index is 13.5. The molecule has 10 heteroatoms. The Morgan fingerprint density at radius 2 is 1.86 bits per heavy atom. The molecule has 0 saturated carbocycles. The number of H-pyrrole nitrogens is 1. The summed E-state index contributed by atoms with van der Waals surface area (Å²) in [6, 6.07) is 11.9. The average Bonchev–Trinajstić information content (AvgIpc) is 3.66. The molecule has 1 N–H and O–H groups in total. The molecule has 4 aromatic heterocycles. The number of aromatic amines is 1. The molecule has 36 heavy (non-hydrogen) atoms. The van der Waals surface area contributed by atoms with Gasteiger partial charge in [-0.2, -0.15) is 5.21 Å². The summed E-state index contributed by atoms with van der Waals surface area (Å²) >= 11 is 0. The number of rotatable bonds is 10. The Kier molecular flexibility index (Phi) is 6.83. The molecule has 0 unspecified atom stereocenters. The van der Waals surface area contributed by atoms with E-state index in [1.54, 1.807) is 10.8 Å². The summed E-state index contributed by atoms with van der Waals surface area (Å²) in [5, 5.41) is 14.4. The van der Waals surface area contributed by atoms with Gasteiger partial charge in [0, 0.05) is 48.2 Å². The molecule has 0 bridgehead atoms. The van der Waals surface area contributed by atoms with E-state index < -0.39 is 0 Å². The second-order valence-corrected chi connectivity index (χ2v) is 8.70. The Balaban J connectivity index is 1.46. The van der Waals surface area contributed by atoms with Gasteiger partial charge in [0.05, 0.1) is 12.2 Å². The summed E-state index contributed by atoms with van der Waals surface area (Å²) < 4.78 is 5.50. The smallest absolute Gasteiger partial charge is 0.317 e. The molecule has 0 spiro atoms. The fourth-order valence-electron chi connectivity index (χ4n) is 4.38. The number of aryl methyl sites for hydroxylation is 2. The van der Waals surface area contributed by atoms with Crippen molar-refractivity contribution >= 4 is 0 Å². The van der Waals surface area contributed by atoms with Gasteiger partial charge in [-0.1, -0.05) is 50.6 Å². The highest BCUT2D eigenvalue weighted by Crippen LogP contribution is 2.29. The van der Waals surface area contributed by atoms with Crippen molar-refractivity contribution in [1.29, 1.82) is 0 Å². The number of unbranched alkanes of at least 4 members (excludes halogenated alkanes) is 1. The summed E-state index contributed by atoms with van der Waals surface area (Å²) in [7, 11) is 0. The van der Waals surface area contributed by atoms with Crippen molar-refractivity contribution < 1.29 is 0 Å². The lowest BCUT2D eigenvalue weighted by molar-refractivity contribution is 0.634. The zero-order valence-electron chi connectivity index (χ0n) is 20.5. The van der Waals surface area contributed by atoms with Crippen molar-refractivity contribution in [2.24, 2.45) is 0 Å². The number of hydrogen-bond donors (Lipinski definition) is 1.